The molecule has 2 nitrogen and oxygen atoms in total. The zero-order valence-corrected chi connectivity index (χ0v) is 9.95. The van der Waals surface area contributed by atoms with Crippen molar-refractivity contribution in [2.75, 3.05) is 0 Å². The van der Waals surface area contributed by atoms with Crippen molar-refractivity contribution in [1.29, 1.82) is 0 Å². The zero-order chi connectivity index (χ0) is 12.1. The highest BCUT2D eigenvalue weighted by Gasteiger charge is 2.13. The number of carboxylic acid groups (broad SMARTS) is 1. The lowest BCUT2D eigenvalue weighted by Gasteiger charge is -2.21. The van der Waals surface area contributed by atoms with Gasteiger partial charge in [0, 0.05) is 12.4 Å². The Bertz CT molecular complexity index is 418. The second kappa shape index (κ2) is 5.67. The second-order valence-corrected chi connectivity index (χ2v) is 4.63. The molecule has 0 atom stereocenters. The number of aliphatic carboxylic acids is 1. The quantitative estimate of drug-likeness (QED) is 0.743. The van der Waals surface area contributed by atoms with Crippen molar-refractivity contribution in [3.05, 3.63) is 47.0 Å². The molecular weight excluding hydrogens is 212 g/mol. The third-order valence-corrected chi connectivity index (χ3v) is 3.33. The van der Waals surface area contributed by atoms with Gasteiger partial charge in [-0.25, -0.2) is 0 Å². The van der Waals surface area contributed by atoms with Gasteiger partial charge in [0.05, 0.1) is 0 Å². The third-order valence-electron chi connectivity index (χ3n) is 3.33. The lowest BCUT2D eigenvalue weighted by molar-refractivity contribution is -0.304. The minimum Gasteiger partial charge on any atom is -0.550 e. The topological polar surface area (TPSA) is 40.1 Å². The van der Waals surface area contributed by atoms with Crippen LogP contribution < -0.4 is 5.11 Å². The molecule has 0 bridgehead atoms. The molecule has 0 saturated carbocycles. The molecule has 1 aliphatic carbocycles. The predicted molar refractivity (Wildman–Crippen MR) is 65.3 cm³/mol. The van der Waals surface area contributed by atoms with Gasteiger partial charge in [-0.2, -0.15) is 0 Å². The molecule has 1 aromatic carbocycles. The van der Waals surface area contributed by atoms with Crippen LogP contribution >= 0.6 is 0 Å². The molecule has 90 valence electrons. The van der Waals surface area contributed by atoms with E-state index in [-0.39, 0.29) is 6.42 Å². The highest BCUT2D eigenvalue weighted by atomic mass is 16.4. The molecule has 0 N–H and O–H groups in total. The minimum absolute atomic E-state index is 0.113. The molecule has 0 aliphatic heterocycles. The Morgan fingerprint density at radius 3 is 2.35 bits per heavy atom. The Labute approximate surface area is 102 Å². The summed E-state index contributed by atoms with van der Waals surface area (Å²) in [6.07, 6.45) is 5.26. The Morgan fingerprint density at radius 2 is 1.71 bits per heavy atom. The van der Waals surface area contributed by atoms with E-state index in [0.717, 1.165) is 31.3 Å². The van der Waals surface area contributed by atoms with Gasteiger partial charge in [0.1, 0.15) is 0 Å². The first-order chi connectivity index (χ1) is 8.25. The van der Waals surface area contributed by atoms with E-state index >= 15 is 0 Å². The number of carbonyl (C=O) groups excluding carboxylic acids is 1. The van der Waals surface area contributed by atoms with Crippen molar-refractivity contribution in [2.45, 2.75) is 38.5 Å². The first-order valence-corrected chi connectivity index (χ1v) is 6.19. The van der Waals surface area contributed by atoms with E-state index in [9.17, 15) is 9.90 Å². The van der Waals surface area contributed by atoms with Crippen molar-refractivity contribution in [2.24, 2.45) is 0 Å². The maximum Gasteiger partial charge on any atom is 0.0454 e. The predicted octanol–water partition coefficient (Wildman–Crippen LogP) is 2.24. The van der Waals surface area contributed by atoms with Crippen molar-refractivity contribution in [1.82, 2.24) is 0 Å². The zero-order valence-electron chi connectivity index (χ0n) is 9.95. The largest absolute Gasteiger partial charge is 0.550 e. The first kappa shape index (κ1) is 11.9. The number of hydrogen-bond acceptors (Lipinski definition) is 2. The van der Waals surface area contributed by atoms with E-state index in [1.54, 1.807) is 0 Å². The van der Waals surface area contributed by atoms with Crippen molar-refractivity contribution >= 4 is 5.97 Å². The van der Waals surface area contributed by atoms with Gasteiger partial charge in [-0.15, -0.1) is 0 Å². The van der Waals surface area contributed by atoms with E-state index in [1.165, 1.54) is 17.6 Å². The Morgan fingerprint density at radius 1 is 1.06 bits per heavy atom. The van der Waals surface area contributed by atoms with Crippen LogP contribution in [0.3, 0.4) is 0 Å². The fraction of sp³-hybridized carbons (Fsp3) is 0.400. The molecule has 2 rings (SSSR count). The van der Waals surface area contributed by atoms with Gasteiger partial charge in [0.2, 0.25) is 0 Å². The summed E-state index contributed by atoms with van der Waals surface area (Å²) in [5.74, 6) is -0.951. The molecule has 0 radical (unpaired) electrons. The van der Waals surface area contributed by atoms with Crippen LogP contribution in [0.5, 0.6) is 0 Å². The number of rotatable bonds is 4. The summed E-state index contributed by atoms with van der Waals surface area (Å²) in [4.78, 5) is 10.7. The van der Waals surface area contributed by atoms with E-state index in [0.29, 0.717) is 0 Å². The van der Waals surface area contributed by atoms with E-state index in [1.807, 2.05) is 18.2 Å². The van der Waals surface area contributed by atoms with Crippen LogP contribution in [0.2, 0.25) is 0 Å². The molecular formula is C15H17O2-. The fourth-order valence-electron chi connectivity index (χ4n) is 2.47. The molecule has 0 aromatic heterocycles. The van der Waals surface area contributed by atoms with Crippen LogP contribution in [0.4, 0.5) is 0 Å². The lowest BCUT2D eigenvalue weighted by Crippen LogP contribution is -2.23. The van der Waals surface area contributed by atoms with Crippen LogP contribution in [-0.2, 0) is 11.2 Å². The third kappa shape index (κ3) is 3.45. The van der Waals surface area contributed by atoms with E-state index in [4.69, 9.17) is 0 Å². The van der Waals surface area contributed by atoms with Crippen molar-refractivity contribution < 1.29 is 9.90 Å². The van der Waals surface area contributed by atoms with Gasteiger partial charge >= 0.3 is 0 Å². The highest BCUT2D eigenvalue weighted by Crippen LogP contribution is 2.29. The van der Waals surface area contributed by atoms with E-state index in [2.05, 4.69) is 12.1 Å². The summed E-state index contributed by atoms with van der Waals surface area (Å²) in [5, 5.41) is 10.7. The average Bonchev–Trinajstić information content (AvgIpc) is 2.32. The first-order valence-electron chi connectivity index (χ1n) is 6.19. The van der Waals surface area contributed by atoms with Crippen LogP contribution in [0.15, 0.2) is 41.5 Å². The van der Waals surface area contributed by atoms with E-state index < -0.39 is 5.97 Å². The Kier molecular flexibility index (Phi) is 3.97. The number of allylic oxidation sites excluding steroid dienone is 1. The van der Waals surface area contributed by atoms with Crippen LogP contribution in [0.1, 0.15) is 37.7 Å². The fourth-order valence-corrected chi connectivity index (χ4v) is 2.47. The average molecular weight is 229 g/mol. The Balaban J connectivity index is 2.15. The van der Waals surface area contributed by atoms with Crippen molar-refractivity contribution in [3.8, 4) is 0 Å². The smallest absolute Gasteiger partial charge is 0.0454 e. The molecule has 0 spiro atoms. The summed E-state index contributed by atoms with van der Waals surface area (Å²) in [6.45, 7) is 0. The number of carboxylic acids is 1. The molecule has 0 heterocycles. The number of benzene rings is 1. The molecule has 0 amide bonds. The monoisotopic (exact) mass is 229 g/mol. The summed E-state index contributed by atoms with van der Waals surface area (Å²) in [5.41, 5.74) is 3.67. The number of carbonyl (C=O) groups is 1. The molecule has 2 heteroatoms. The highest BCUT2D eigenvalue weighted by molar-refractivity contribution is 5.68. The van der Waals surface area contributed by atoms with Gasteiger partial charge in [-0.05, 0) is 37.7 Å². The molecule has 1 aliphatic rings. The molecule has 1 aromatic rings. The maximum atomic E-state index is 10.7. The standard InChI is InChI=1S/C15H18O2/c16-15(17)11-14-9-5-4-8-13(14)10-12-6-2-1-3-7-12/h1-3,6-7H,4-5,8-11H2,(H,16,17)/p-1. The van der Waals surface area contributed by atoms with Gasteiger partial charge in [0.25, 0.3) is 0 Å². The van der Waals surface area contributed by atoms with Gasteiger partial charge in [-0.1, -0.05) is 41.5 Å². The molecule has 0 fully saturated rings. The maximum absolute atomic E-state index is 10.7. The summed E-state index contributed by atoms with van der Waals surface area (Å²) in [6, 6.07) is 10.2. The van der Waals surface area contributed by atoms with Gasteiger partial charge < -0.3 is 9.90 Å². The minimum atomic E-state index is -0.951. The summed E-state index contributed by atoms with van der Waals surface area (Å²) in [7, 11) is 0. The van der Waals surface area contributed by atoms with Crippen LogP contribution in [-0.4, -0.2) is 5.97 Å². The Hall–Kier alpha value is -1.57. The number of hydrogen-bond donors (Lipinski definition) is 0. The SMILES string of the molecule is O=C([O-])CC1=C(Cc2ccccc2)CCCC1. The normalized spacial score (nSPS) is 16.0. The molecule has 0 saturated heterocycles. The molecule has 17 heavy (non-hydrogen) atoms. The molecule has 0 unspecified atom stereocenters. The van der Waals surface area contributed by atoms with Gasteiger partial charge in [0.15, 0.2) is 0 Å². The summed E-state index contributed by atoms with van der Waals surface area (Å²) < 4.78 is 0. The second-order valence-electron chi connectivity index (χ2n) is 4.63. The van der Waals surface area contributed by atoms with Crippen LogP contribution in [0, 0.1) is 0 Å². The lowest BCUT2D eigenvalue weighted by atomic mass is 9.86. The summed E-state index contributed by atoms with van der Waals surface area (Å²) >= 11 is 0. The van der Waals surface area contributed by atoms with Gasteiger partial charge in [-0.3, -0.25) is 0 Å². The van der Waals surface area contributed by atoms with Crippen LogP contribution in [0.25, 0.3) is 0 Å². The van der Waals surface area contributed by atoms with Crippen molar-refractivity contribution in [3.63, 3.8) is 0 Å².